The second kappa shape index (κ2) is 22.8. The number of carboxylic acid groups (broad SMARTS) is 1. The second-order valence-electron chi connectivity index (χ2n) is 20.1. The molecular weight excluding hydrogens is 1040 g/mol. The fourth-order valence-corrected chi connectivity index (χ4v) is 7.78. The van der Waals surface area contributed by atoms with E-state index >= 15 is 0 Å². The lowest BCUT2D eigenvalue weighted by Gasteiger charge is -2.42. The first-order valence-corrected chi connectivity index (χ1v) is 24.1. The third-order valence-electron chi connectivity index (χ3n) is 11.5. The van der Waals surface area contributed by atoms with E-state index in [1.807, 2.05) is 18.2 Å². The van der Waals surface area contributed by atoms with Crippen molar-refractivity contribution in [3.05, 3.63) is 131 Å². The Labute approximate surface area is 443 Å². The van der Waals surface area contributed by atoms with Gasteiger partial charge in [-0.1, -0.05) is 36.4 Å². The highest BCUT2D eigenvalue weighted by Gasteiger charge is 2.44. The summed E-state index contributed by atoms with van der Waals surface area (Å²) in [7, 11) is 0. The minimum atomic E-state index is -4.50. The van der Waals surface area contributed by atoms with Gasteiger partial charge in [0.05, 0.1) is 55.5 Å². The van der Waals surface area contributed by atoms with Crippen LogP contribution in [0.5, 0.6) is 23.3 Å². The number of carbonyl (C=O) groups excluding carboxylic acids is 3. The van der Waals surface area contributed by atoms with E-state index < -0.39 is 76.4 Å². The molecule has 18 nitrogen and oxygen atoms in total. The summed E-state index contributed by atoms with van der Waals surface area (Å²) in [5.74, 6) is -1.38. The van der Waals surface area contributed by atoms with Crippen LogP contribution in [0.25, 0.3) is 22.5 Å². The van der Waals surface area contributed by atoms with Crippen molar-refractivity contribution in [2.24, 2.45) is 0 Å². The van der Waals surface area contributed by atoms with Gasteiger partial charge < -0.3 is 48.9 Å². The van der Waals surface area contributed by atoms with Gasteiger partial charge in [-0.3, -0.25) is 9.59 Å². The Balaban J connectivity index is 0.000000226. The molecule has 2 fully saturated rings. The summed E-state index contributed by atoms with van der Waals surface area (Å²) in [5, 5.41) is 23.9. The Kier molecular flexibility index (Phi) is 16.9. The number of rotatable bonds is 15. The number of alkyl halides is 6. The Morgan fingerprint density at radius 3 is 1.29 bits per heavy atom. The smallest absolute Gasteiger partial charge is 0.416 e. The lowest BCUT2D eigenvalue weighted by molar-refractivity contribution is -0.144. The van der Waals surface area contributed by atoms with Gasteiger partial charge in [-0.25, -0.2) is 19.0 Å². The molecular formula is C54H56F6N6O12. The van der Waals surface area contributed by atoms with Crippen molar-refractivity contribution in [3.63, 3.8) is 0 Å². The molecule has 0 spiro atoms. The van der Waals surface area contributed by atoms with Gasteiger partial charge in [0.25, 0.3) is 0 Å². The van der Waals surface area contributed by atoms with Crippen LogP contribution in [-0.2, 0) is 69.8 Å². The van der Waals surface area contributed by atoms with Gasteiger partial charge in [-0.2, -0.15) is 36.5 Å². The van der Waals surface area contributed by atoms with E-state index in [0.29, 0.717) is 22.5 Å². The van der Waals surface area contributed by atoms with Crippen molar-refractivity contribution in [1.82, 2.24) is 30.2 Å². The zero-order valence-electron chi connectivity index (χ0n) is 43.3. The number of nitrogens with zero attached hydrogens (tertiary/aromatic N) is 4. The lowest BCUT2D eigenvalue weighted by atomic mass is 9.87. The molecule has 0 radical (unpaired) electrons. The fraction of sp³-hybridized carbons (Fsp3) is 0.370. The Hall–Kier alpha value is -8.12. The van der Waals surface area contributed by atoms with E-state index in [9.17, 15) is 50.6 Å². The van der Waals surface area contributed by atoms with E-state index in [-0.39, 0.29) is 62.8 Å². The summed E-state index contributed by atoms with van der Waals surface area (Å²) in [4.78, 5) is 48.6. The zero-order chi connectivity index (χ0) is 56.8. The molecule has 8 rings (SSSR count). The van der Waals surface area contributed by atoms with Gasteiger partial charge >= 0.3 is 36.5 Å². The number of carboxylic acids is 1. The van der Waals surface area contributed by atoms with Gasteiger partial charge in [0.2, 0.25) is 11.8 Å². The van der Waals surface area contributed by atoms with Crippen molar-refractivity contribution in [2.75, 3.05) is 33.0 Å². The number of halogens is 6. The standard InChI is InChI=1S/C28H30F3N3O6.C26H26F3N3O6/c1-5-38-24(35)15-34-23(39-21-11-9-19(10-12-21)28(29,30)31)14-22(33-34)18-7-6-8-20(13-18)27(16-37-17-27)32-25(36)40-26(2,3)4;1-24(2,3)38-23(35)30-25(14-36-15-25)18-6-4-5-16(11-18)20-12-21(32(31-20)13-22(33)34)37-19-9-7-17(8-10-19)26(27,28)29/h6-14H,5,15-17H2,1-4H3,(H,32,36);4-12H,13-15H2,1-3H3,(H,30,35)(H,33,34). The van der Waals surface area contributed by atoms with Crippen LogP contribution in [0.1, 0.15) is 70.7 Å². The average Bonchev–Trinajstić information content (AvgIpc) is 3.95. The summed E-state index contributed by atoms with van der Waals surface area (Å²) in [6.45, 7) is 12.6. The van der Waals surface area contributed by atoms with Crippen LogP contribution in [0.15, 0.2) is 109 Å². The predicted molar refractivity (Wildman–Crippen MR) is 266 cm³/mol. The summed E-state index contributed by atoms with van der Waals surface area (Å²) < 4.78 is 118. The Bertz CT molecular complexity index is 3100. The van der Waals surface area contributed by atoms with Crippen LogP contribution in [0.3, 0.4) is 0 Å². The van der Waals surface area contributed by atoms with Crippen LogP contribution >= 0.6 is 0 Å². The van der Waals surface area contributed by atoms with Gasteiger partial charge in [-0.05, 0) is 120 Å². The SMILES string of the molecule is CC(C)(C)OC(=O)NC1(c2cccc(-c3cc(Oc4ccc(C(F)(F)F)cc4)n(CC(=O)O)n3)c2)COC1.CCOC(=O)Cn1nc(-c2cccc(C3(NC(=O)OC(C)(C)C)COC3)c2)cc1Oc1ccc(C(F)(F)F)cc1. The van der Waals surface area contributed by atoms with Crippen LogP contribution in [0, 0.1) is 0 Å². The molecule has 2 aliphatic rings. The maximum atomic E-state index is 13.0. The molecule has 0 unspecified atom stereocenters. The van der Waals surface area contributed by atoms with Crippen molar-refractivity contribution in [2.45, 2.75) is 96.2 Å². The van der Waals surface area contributed by atoms with Crippen molar-refractivity contribution in [3.8, 4) is 45.8 Å². The second-order valence-corrected chi connectivity index (χ2v) is 20.1. The van der Waals surface area contributed by atoms with E-state index in [4.69, 9.17) is 33.2 Å². The third kappa shape index (κ3) is 14.9. The Morgan fingerprint density at radius 1 is 0.590 bits per heavy atom. The largest absolute Gasteiger partial charge is 0.480 e. The van der Waals surface area contributed by atoms with Crippen molar-refractivity contribution < 1.29 is 83.8 Å². The summed E-state index contributed by atoms with van der Waals surface area (Å²) in [6.07, 6.45) is -10.1. The highest BCUT2D eigenvalue weighted by molar-refractivity contribution is 5.72. The van der Waals surface area contributed by atoms with Gasteiger partial charge in [0, 0.05) is 23.3 Å². The van der Waals surface area contributed by atoms with E-state index in [1.54, 1.807) is 84.9 Å². The van der Waals surface area contributed by atoms with Crippen LogP contribution < -0.4 is 20.1 Å². The predicted octanol–water partition coefficient (Wildman–Crippen LogP) is 10.9. The van der Waals surface area contributed by atoms with Crippen LogP contribution in [-0.4, -0.2) is 93.0 Å². The lowest BCUT2D eigenvalue weighted by Crippen LogP contribution is -2.60. The molecule has 4 heterocycles. The first-order valence-electron chi connectivity index (χ1n) is 24.1. The first kappa shape index (κ1) is 57.6. The van der Waals surface area contributed by atoms with E-state index in [0.717, 1.165) is 52.2 Å². The molecule has 78 heavy (non-hydrogen) atoms. The molecule has 0 aliphatic carbocycles. The highest BCUT2D eigenvalue weighted by Crippen LogP contribution is 2.38. The number of hydrogen-bond acceptors (Lipinski definition) is 13. The molecule has 2 amide bonds. The molecule has 2 aliphatic heterocycles. The van der Waals surface area contributed by atoms with Crippen molar-refractivity contribution in [1.29, 1.82) is 0 Å². The molecule has 6 aromatic rings. The number of nitrogens with one attached hydrogen (secondary N) is 2. The monoisotopic (exact) mass is 1090 g/mol. The molecule has 4 aromatic carbocycles. The molecule has 2 aromatic heterocycles. The van der Waals surface area contributed by atoms with Crippen LogP contribution in [0.4, 0.5) is 35.9 Å². The van der Waals surface area contributed by atoms with Gasteiger partial charge in [0.15, 0.2) is 0 Å². The minimum Gasteiger partial charge on any atom is -0.480 e. The Morgan fingerprint density at radius 2 is 0.974 bits per heavy atom. The molecule has 2 saturated heterocycles. The molecule has 416 valence electrons. The number of alkyl carbamates (subject to hydrolysis) is 2. The van der Waals surface area contributed by atoms with E-state index in [2.05, 4.69) is 20.8 Å². The van der Waals surface area contributed by atoms with Gasteiger partial charge in [0.1, 0.15) is 46.9 Å². The zero-order valence-corrected chi connectivity index (χ0v) is 43.3. The number of carbonyl (C=O) groups is 4. The summed E-state index contributed by atoms with van der Waals surface area (Å²) >= 11 is 0. The molecule has 0 atom stereocenters. The topological polar surface area (TPSA) is 213 Å². The highest BCUT2D eigenvalue weighted by atomic mass is 19.4. The first-order chi connectivity index (χ1) is 36.5. The average molecular weight is 1100 g/mol. The fourth-order valence-electron chi connectivity index (χ4n) is 7.78. The maximum absolute atomic E-state index is 13.0. The minimum absolute atomic E-state index is 0.0288. The number of ether oxygens (including phenoxy) is 7. The molecule has 0 saturated carbocycles. The number of benzene rings is 4. The molecule has 0 bridgehead atoms. The molecule has 3 N–H and O–H groups in total. The molecule has 24 heteroatoms. The third-order valence-corrected chi connectivity index (χ3v) is 11.5. The normalized spacial score (nSPS) is 14.8. The number of hydrogen-bond donors (Lipinski definition) is 3. The summed E-state index contributed by atoms with van der Waals surface area (Å²) in [6, 6.07) is 25.7. The number of aliphatic carboxylic acids is 1. The quantitative estimate of drug-likeness (QED) is 0.0496. The van der Waals surface area contributed by atoms with Crippen molar-refractivity contribution >= 4 is 24.1 Å². The van der Waals surface area contributed by atoms with Gasteiger partial charge in [-0.15, -0.1) is 0 Å². The number of amides is 2. The van der Waals surface area contributed by atoms with E-state index in [1.165, 1.54) is 22.9 Å². The number of aromatic nitrogens is 4. The summed E-state index contributed by atoms with van der Waals surface area (Å²) in [5.41, 5.74) is -1.10. The number of esters is 1. The maximum Gasteiger partial charge on any atom is 0.416 e. The van der Waals surface area contributed by atoms with Crippen LogP contribution in [0.2, 0.25) is 0 Å².